The summed E-state index contributed by atoms with van der Waals surface area (Å²) in [5, 5.41) is 2.68. The molecule has 0 spiro atoms. The minimum Gasteiger partial charge on any atom is -0.322 e. The molecule has 2 aromatic carbocycles. The lowest BCUT2D eigenvalue weighted by Gasteiger charge is -2.19. The van der Waals surface area contributed by atoms with Crippen LogP contribution in [0.2, 0.25) is 0 Å². The lowest BCUT2D eigenvalue weighted by atomic mass is 10.1. The van der Waals surface area contributed by atoms with E-state index in [-0.39, 0.29) is 24.2 Å². The van der Waals surface area contributed by atoms with E-state index >= 15 is 0 Å². The summed E-state index contributed by atoms with van der Waals surface area (Å²) in [4.78, 5) is 23.9. The Bertz CT molecular complexity index is 1270. The zero-order chi connectivity index (χ0) is 23.3. The quantitative estimate of drug-likeness (QED) is 0.562. The second-order valence-corrected chi connectivity index (χ2v) is 8.96. The number of amides is 1. The summed E-state index contributed by atoms with van der Waals surface area (Å²) in [7, 11) is -4.05. The standard InChI is InChI=1S/C23H24FN3O4S/c1-3-27(4-2)32(30,31)21-15-18(10-13-20(21)24)23(29)25-19-11-8-17(9-12-19)16-26-14-6-5-7-22(26)28/h5-15H,3-4,16H2,1-2H3,(H,25,29). The third-order valence-electron chi connectivity index (χ3n) is 4.98. The number of nitrogens with one attached hydrogen (secondary N) is 1. The first-order chi connectivity index (χ1) is 15.3. The Kier molecular flexibility index (Phi) is 7.22. The molecule has 1 aromatic heterocycles. The maximum atomic E-state index is 14.3. The number of carbonyl (C=O) groups excluding carboxylic acids is 1. The first-order valence-electron chi connectivity index (χ1n) is 10.1. The van der Waals surface area contributed by atoms with Crippen molar-refractivity contribution in [3.63, 3.8) is 0 Å². The maximum Gasteiger partial charge on any atom is 0.255 e. The Labute approximate surface area is 186 Å². The van der Waals surface area contributed by atoms with E-state index < -0.39 is 26.6 Å². The zero-order valence-corrected chi connectivity index (χ0v) is 18.6. The molecule has 0 saturated heterocycles. The molecule has 3 rings (SSSR count). The van der Waals surface area contributed by atoms with Crippen molar-refractivity contribution in [1.29, 1.82) is 0 Å². The molecule has 0 atom stereocenters. The molecule has 0 radical (unpaired) electrons. The van der Waals surface area contributed by atoms with Crippen molar-refractivity contribution in [3.05, 3.63) is 94.2 Å². The average molecular weight is 458 g/mol. The number of nitrogens with zero attached hydrogens (tertiary/aromatic N) is 2. The van der Waals surface area contributed by atoms with Gasteiger partial charge >= 0.3 is 0 Å². The highest BCUT2D eigenvalue weighted by molar-refractivity contribution is 7.89. The van der Waals surface area contributed by atoms with Crippen LogP contribution in [0.4, 0.5) is 10.1 Å². The van der Waals surface area contributed by atoms with Gasteiger partial charge in [0.2, 0.25) is 10.0 Å². The number of carbonyl (C=O) groups is 1. The fourth-order valence-electron chi connectivity index (χ4n) is 3.23. The Morgan fingerprint density at radius 1 is 1.03 bits per heavy atom. The first kappa shape index (κ1) is 23.4. The molecule has 0 bridgehead atoms. The number of hydrogen-bond acceptors (Lipinski definition) is 4. The van der Waals surface area contributed by atoms with Gasteiger partial charge in [-0.15, -0.1) is 0 Å². The molecule has 32 heavy (non-hydrogen) atoms. The molecule has 0 aliphatic rings. The Morgan fingerprint density at radius 2 is 1.72 bits per heavy atom. The fraction of sp³-hybridized carbons (Fsp3) is 0.217. The van der Waals surface area contributed by atoms with Crippen LogP contribution >= 0.6 is 0 Å². The van der Waals surface area contributed by atoms with Crippen molar-refractivity contribution in [3.8, 4) is 0 Å². The second kappa shape index (κ2) is 9.88. The van der Waals surface area contributed by atoms with Crippen LogP contribution in [-0.2, 0) is 16.6 Å². The summed E-state index contributed by atoms with van der Waals surface area (Å²) in [6.45, 7) is 4.09. The predicted molar refractivity (Wildman–Crippen MR) is 121 cm³/mol. The number of benzene rings is 2. The molecule has 168 valence electrons. The van der Waals surface area contributed by atoms with Crippen molar-refractivity contribution in [2.24, 2.45) is 0 Å². The molecule has 1 heterocycles. The van der Waals surface area contributed by atoms with E-state index in [2.05, 4.69) is 5.32 Å². The van der Waals surface area contributed by atoms with Crippen LogP contribution < -0.4 is 10.9 Å². The van der Waals surface area contributed by atoms with Gasteiger partial charge in [-0.2, -0.15) is 4.31 Å². The fourth-order valence-corrected chi connectivity index (χ4v) is 4.78. The largest absolute Gasteiger partial charge is 0.322 e. The number of pyridine rings is 1. The molecule has 0 unspecified atom stereocenters. The highest BCUT2D eigenvalue weighted by Crippen LogP contribution is 2.21. The predicted octanol–water partition coefficient (Wildman–Crippen LogP) is 3.32. The van der Waals surface area contributed by atoms with Crippen LogP contribution in [0, 0.1) is 5.82 Å². The Hall–Kier alpha value is -3.30. The second-order valence-electron chi connectivity index (χ2n) is 7.05. The smallest absolute Gasteiger partial charge is 0.255 e. The van der Waals surface area contributed by atoms with Gasteiger partial charge < -0.3 is 9.88 Å². The topological polar surface area (TPSA) is 88.5 Å². The number of halogens is 1. The SMILES string of the molecule is CCN(CC)S(=O)(=O)c1cc(C(=O)Nc2ccc(Cn3ccccc3=O)cc2)ccc1F. The Morgan fingerprint density at radius 3 is 2.34 bits per heavy atom. The van der Waals surface area contributed by atoms with E-state index in [1.807, 2.05) is 0 Å². The van der Waals surface area contributed by atoms with E-state index in [9.17, 15) is 22.4 Å². The Balaban J connectivity index is 1.77. The third kappa shape index (κ3) is 5.12. The molecular weight excluding hydrogens is 433 g/mol. The minimum absolute atomic E-state index is 0.0250. The van der Waals surface area contributed by atoms with Crippen LogP contribution in [0.3, 0.4) is 0 Å². The van der Waals surface area contributed by atoms with E-state index in [0.717, 1.165) is 22.0 Å². The van der Waals surface area contributed by atoms with Gasteiger partial charge in [0.1, 0.15) is 10.7 Å². The molecule has 3 aromatic rings. The summed E-state index contributed by atoms with van der Waals surface area (Å²) in [5.74, 6) is -1.47. The van der Waals surface area contributed by atoms with Crippen LogP contribution in [0.15, 0.2) is 76.6 Å². The van der Waals surface area contributed by atoms with Crippen molar-refractivity contribution in [2.45, 2.75) is 25.3 Å². The van der Waals surface area contributed by atoms with Gasteiger partial charge in [-0.25, -0.2) is 12.8 Å². The molecular formula is C23H24FN3O4S. The summed E-state index contributed by atoms with van der Waals surface area (Å²) in [6.07, 6.45) is 1.69. The van der Waals surface area contributed by atoms with Crippen LogP contribution in [0.5, 0.6) is 0 Å². The van der Waals surface area contributed by atoms with E-state index in [4.69, 9.17) is 0 Å². The highest BCUT2D eigenvalue weighted by atomic mass is 32.2. The van der Waals surface area contributed by atoms with Gasteiger partial charge in [-0.05, 0) is 42.0 Å². The highest BCUT2D eigenvalue weighted by Gasteiger charge is 2.26. The molecule has 1 amide bonds. The van der Waals surface area contributed by atoms with Crippen molar-refractivity contribution in [2.75, 3.05) is 18.4 Å². The van der Waals surface area contributed by atoms with Crippen LogP contribution in [0.1, 0.15) is 29.8 Å². The van der Waals surface area contributed by atoms with Crippen molar-refractivity contribution >= 4 is 21.6 Å². The minimum atomic E-state index is -4.05. The number of hydrogen-bond donors (Lipinski definition) is 1. The number of rotatable bonds is 8. The summed E-state index contributed by atoms with van der Waals surface area (Å²) < 4.78 is 42.3. The first-order valence-corrected chi connectivity index (χ1v) is 11.6. The van der Waals surface area contributed by atoms with E-state index in [1.165, 1.54) is 12.1 Å². The van der Waals surface area contributed by atoms with Crippen LogP contribution in [0.25, 0.3) is 0 Å². The number of aromatic nitrogens is 1. The zero-order valence-electron chi connectivity index (χ0n) is 17.8. The molecule has 0 aliphatic heterocycles. The maximum absolute atomic E-state index is 14.3. The van der Waals surface area contributed by atoms with Gasteiger partial charge in [0.25, 0.3) is 11.5 Å². The molecule has 7 nitrogen and oxygen atoms in total. The number of sulfonamides is 1. The third-order valence-corrected chi connectivity index (χ3v) is 7.05. The molecule has 0 fully saturated rings. The molecule has 0 aliphatic carbocycles. The summed E-state index contributed by atoms with van der Waals surface area (Å²) in [6, 6.07) is 15.1. The number of anilines is 1. The molecule has 9 heteroatoms. The lowest BCUT2D eigenvalue weighted by molar-refractivity contribution is 0.102. The van der Waals surface area contributed by atoms with E-state index in [0.29, 0.717) is 12.2 Å². The van der Waals surface area contributed by atoms with Crippen molar-refractivity contribution < 1.29 is 17.6 Å². The van der Waals surface area contributed by atoms with Gasteiger partial charge in [-0.1, -0.05) is 32.0 Å². The average Bonchev–Trinajstić information content (AvgIpc) is 2.77. The summed E-state index contributed by atoms with van der Waals surface area (Å²) >= 11 is 0. The van der Waals surface area contributed by atoms with Gasteiger partial charge in [0.15, 0.2) is 0 Å². The van der Waals surface area contributed by atoms with E-state index in [1.54, 1.807) is 61.0 Å². The van der Waals surface area contributed by atoms with Crippen LogP contribution in [-0.4, -0.2) is 36.3 Å². The van der Waals surface area contributed by atoms with Gasteiger partial charge in [-0.3, -0.25) is 9.59 Å². The van der Waals surface area contributed by atoms with Gasteiger partial charge in [0, 0.05) is 36.6 Å². The van der Waals surface area contributed by atoms with Crippen molar-refractivity contribution in [1.82, 2.24) is 8.87 Å². The lowest BCUT2D eigenvalue weighted by Crippen LogP contribution is -2.31. The summed E-state index contributed by atoms with van der Waals surface area (Å²) in [5.41, 5.74) is 1.26. The van der Waals surface area contributed by atoms with Gasteiger partial charge in [0.05, 0.1) is 6.54 Å². The molecule has 1 N–H and O–H groups in total. The molecule has 0 saturated carbocycles. The normalized spacial score (nSPS) is 11.5. The monoisotopic (exact) mass is 457 g/mol.